The van der Waals surface area contributed by atoms with Crippen molar-refractivity contribution >= 4 is 5.91 Å². The second kappa shape index (κ2) is 6.44. The van der Waals surface area contributed by atoms with Gasteiger partial charge in [0.05, 0.1) is 0 Å². The van der Waals surface area contributed by atoms with Gasteiger partial charge in [0.15, 0.2) is 0 Å². The molecular weight excluding hydrogens is 176 g/mol. The molecule has 0 bridgehead atoms. The minimum absolute atomic E-state index is 0.0528. The van der Waals surface area contributed by atoms with E-state index in [2.05, 4.69) is 37.3 Å². The van der Waals surface area contributed by atoms with Crippen LogP contribution in [0.25, 0.3) is 0 Å². The van der Waals surface area contributed by atoms with E-state index in [1.54, 1.807) is 0 Å². The van der Waals surface area contributed by atoms with E-state index in [4.69, 9.17) is 6.42 Å². The van der Waals surface area contributed by atoms with Crippen LogP contribution in [0.3, 0.4) is 0 Å². The summed E-state index contributed by atoms with van der Waals surface area (Å²) in [4.78, 5) is 11.2. The molecule has 0 radical (unpaired) electrons. The van der Waals surface area contributed by atoms with Gasteiger partial charge in [0.1, 0.15) is 0 Å². The summed E-state index contributed by atoms with van der Waals surface area (Å²) in [7, 11) is 0. The van der Waals surface area contributed by atoms with Crippen LogP contribution in [0.4, 0.5) is 0 Å². The quantitative estimate of drug-likeness (QED) is 0.507. The molecule has 0 saturated heterocycles. The molecule has 0 saturated carbocycles. The molecule has 0 unspecified atom stereocenters. The molecule has 0 fully saturated rings. The molecule has 3 heteroatoms. The number of carbonyl (C=O) groups is 1. The van der Waals surface area contributed by atoms with Crippen molar-refractivity contribution in [3.8, 4) is 12.3 Å². The van der Waals surface area contributed by atoms with E-state index in [-0.39, 0.29) is 11.4 Å². The standard InChI is InChI=1S/C11H20N2O/c1-5-6-8-12-10(14)7-9-13-11(2,3)4/h1,13H,6-9H2,2-4H3,(H,12,14). The summed E-state index contributed by atoms with van der Waals surface area (Å²) < 4.78 is 0. The topological polar surface area (TPSA) is 41.1 Å². The smallest absolute Gasteiger partial charge is 0.221 e. The minimum atomic E-state index is 0.0528. The Hall–Kier alpha value is -1.01. The molecule has 0 aromatic rings. The number of hydrogen-bond donors (Lipinski definition) is 2. The zero-order valence-corrected chi connectivity index (χ0v) is 9.31. The fourth-order valence-corrected chi connectivity index (χ4v) is 0.914. The summed E-state index contributed by atoms with van der Waals surface area (Å²) in [5.41, 5.74) is 0.0685. The molecule has 0 aromatic carbocycles. The number of terminal acetylenes is 1. The number of amides is 1. The van der Waals surface area contributed by atoms with Gasteiger partial charge in [-0.05, 0) is 20.8 Å². The number of carbonyl (C=O) groups excluding carboxylic acids is 1. The van der Waals surface area contributed by atoms with Gasteiger partial charge in [-0.2, -0.15) is 0 Å². The first-order chi connectivity index (χ1) is 6.45. The highest BCUT2D eigenvalue weighted by Crippen LogP contribution is 1.97. The zero-order valence-electron chi connectivity index (χ0n) is 9.31. The largest absolute Gasteiger partial charge is 0.355 e. The summed E-state index contributed by atoms with van der Waals surface area (Å²) in [5.74, 6) is 2.53. The Bertz CT molecular complexity index is 210. The van der Waals surface area contributed by atoms with Crippen LogP contribution in [-0.4, -0.2) is 24.5 Å². The normalized spacial score (nSPS) is 10.7. The summed E-state index contributed by atoms with van der Waals surface area (Å²) in [6.07, 6.45) is 6.16. The third-order valence-electron chi connectivity index (χ3n) is 1.60. The average molecular weight is 196 g/mol. The van der Waals surface area contributed by atoms with Crippen molar-refractivity contribution in [1.82, 2.24) is 10.6 Å². The zero-order chi connectivity index (χ0) is 11.0. The van der Waals surface area contributed by atoms with Crippen LogP contribution in [0, 0.1) is 12.3 Å². The monoisotopic (exact) mass is 196 g/mol. The predicted molar refractivity (Wildman–Crippen MR) is 58.8 cm³/mol. The molecule has 80 valence electrons. The molecule has 1 amide bonds. The molecule has 0 heterocycles. The van der Waals surface area contributed by atoms with Gasteiger partial charge in [0, 0.05) is 31.5 Å². The summed E-state index contributed by atoms with van der Waals surface area (Å²) in [6, 6.07) is 0. The molecule has 0 atom stereocenters. The lowest BCUT2D eigenvalue weighted by molar-refractivity contribution is -0.120. The molecular formula is C11H20N2O. The molecule has 0 aliphatic rings. The van der Waals surface area contributed by atoms with Crippen LogP contribution < -0.4 is 10.6 Å². The average Bonchev–Trinajstić information content (AvgIpc) is 2.02. The van der Waals surface area contributed by atoms with Crippen LogP contribution in [0.15, 0.2) is 0 Å². The van der Waals surface area contributed by atoms with Crippen molar-refractivity contribution in [2.24, 2.45) is 0 Å². The second-order valence-electron chi connectivity index (χ2n) is 4.23. The molecule has 0 rings (SSSR count). The van der Waals surface area contributed by atoms with Gasteiger partial charge in [-0.1, -0.05) is 0 Å². The van der Waals surface area contributed by atoms with Crippen molar-refractivity contribution < 1.29 is 4.79 Å². The molecule has 0 spiro atoms. The molecule has 2 N–H and O–H groups in total. The van der Waals surface area contributed by atoms with Gasteiger partial charge in [-0.25, -0.2) is 0 Å². The third-order valence-corrected chi connectivity index (χ3v) is 1.60. The van der Waals surface area contributed by atoms with E-state index in [0.29, 0.717) is 25.9 Å². The maximum atomic E-state index is 11.2. The van der Waals surface area contributed by atoms with Crippen LogP contribution in [0.5, 0.6) is 0 Å². The summed E-state index contributed by atoms with van der Waals surface area (Å²) >= 11 is 0. The second-order valence-corrected chi connectivity index (χ2v) is 4.23. The first-order valence-electron chi connectivity index (χ1n) is 4.91. The molecule has 3 nitrogen and oxygen atoms in total. The van der Waals surface area contributed by atoms with E-state index in [1.165, 1.54) is 0 Å². The van der Waals surface area contributed by atoms with Crippen molar-refractivity contribution in [3.63, 3.8) is 0 Å². The van der Waals surface area contributed by atoms with E-state index in [1.807, 2.05) is 0 Å². The fraction of sp³-hybridized carbons (Fsp3) is 0.727. The molecule has 0 aliphatic heterocycles. The highest BCUT2D eigenvalue weighted by Gasteiger charge is 2.08. The molecule has 14 heavy (non-hydrogen) atoms. The lowest BCUT2D eigenvalue weighted by Gasteiger charge is -2.20. The Morgan fingerprint density at radius 3 is 2.50 bits per heavy atom. The highest BCUT2D eigenvalue weighted by atomic mass is 16.1. The van der Waals surface area contributed by atoms with E-state index in [9.17, 15) is 4.79 Å². The van der Waals surface area contributed by atoms with Crippen LogP contribution in [-0.2, 0) is 4.79 Å². The highest BCUT2D eigenvalue weighted by molar-refractivity contribution is 5.76. The van der Waals surface area contributed by atoms with Crippen molar-refractivity contribution in [1.29, 1.82) is 0 Å². The van der Waals surface area contributed by atoms with Crippen LogP contribution >= 0.6 is 0 Å². The van der Waals surface area contributed by atoms with Gasteiger partial charge in [-0.15, -0.1) is 12.3 Å². The van der Waals surface area contributed by atoms with E-state index >= 15 is 0 Å². The number of rotatable bonds is 5. The van der Waals surface area contributed by atoms with Gasteiger partial charge in [0.25, 0.3) is 0 Å². The number of hydrogen-bond acceptors (Lipinski definition) is 2. The van der Waals surface area contributed by atoms with Gasteiger partial charge < -0.3 is 10.6 Å². The first-order valence-corrected chi connectivity index (χ1v) is 4.91. The third kappa shape index (κ3) is 9.08. The summed E-state index contributed by atoms with van der Waals surface area (Å²) in [6.45, 7) is 7.49. The van der Waals surface area contributed by atoms with Gasteiger partial charge >= 0.3 is 0 Å². The lowest BCUT2D eigenvalue weighted by Crippen LogP contribution is -2.38. The molecule has 0 aliphatic carbocycles. The Labute approximate surface area is 86.6 Å². The van der Waals surface area contributed by atoms with Gasteiger partial charge in [-0.3, -0.25) is 4.79 Å². The van der Waals surface area contributed by atoms with Crippen molar-refractivity contribution in [2.45, 2.75) is 39.2 Å². The molecule has 0 aromatic heterocycles. The maximum absolute atomic E-state index is 11.2. The van der Waals surface area contributed by atoms with E-state index < -0.39 is 0 Å². The van der Waals surface area contributed by atoms with Crippen LogP contribution in [0.1, 0.15) is 33.6 Å². The first kappa shape index (κ1) is 13.0. The Morgan fingerprint density at radius 2 is 2.00 bits per heavy atom. The number of nitrogens with one attached hydrogen (secondary N) is 2. The minimum Gasteiger partial charge on any atom is -0.355 e. The van der Waals surface area contributed by atoms with E-state index in [0.717, 1.165) is 0 Å². The maximum Gasteiger partial charge on any atom is 0.221 e. The predicted octanol–water partition coefficient (Wildman–Crippen LogP) is 0.904. The fourth-order valence-electron chi connectivity index (χ4n) is 0.914. The SMILES string of the molecule is C#CCCNC(=O)CCNC(C)(C)C. The Kier molecular flexibility index (Phi) is 5.98. The van der Waals surface area contributed by atoms with Crippen LogP contribution in [0.2, 0.25) is 0 Å². The van der Waals surface area contributed by atoms with Crippen molar-refractivity contribution in [3.05, 3.63) is 0 Å². The lowest BCUT2D eigenvalue weighted by atomic mass is 10.1. The summed E-state index contributed by atoms with van der Waals surface area (Å²) in [5, 5.41) is 5.99. The Morgan fingerprint density at radius 1 is 1.36 bits per heavy atom. The Balaban J connectivity index is 3.42. The van der Waals surface area contributed by atoms with Gasteiger partial charge in [0.2, 0.25) is 5.91 Å². The van der Waals surface area contributed by atoms with Crippen molar-refractivity contribution in [2.75, 3.05) is 13.1 Å².